The molecule has 0 atom stereocenters. The fourth-order valence-corrected chi connectivity index (χ4v) is 3.51. The molecule has 26 heavy (non-hydrogen) atoms. The summed E-state index contributed by atoms with van der Waals surface area (Å²) in [7, 11) is -1.09. The molecule has 2 aromatic heterocycles. The molecule has 144 valence electrons. The van der Waals surface area contributed by atoms with Crippen molar-refractivity contribution in [2.75, 3.05) is 19.8 Å². The van der Waals surface area contributed by atoms with Crippen LogP contribution in [-0.2, 0) is 32.3 Å². The van der Waals surface area contributed by atoms with Crippen molar-refractivity contribution in [2.45, 2.75) is 45.9 Å². The standard InChI is InChI=1S/C18H27BrN2O4Si/c1-5-25-17(22)12-24-11-16-15(19)10-14-6-7-21(18(14)20-16)13-23-8-9-26(2,3)4/h6-7,10H,5,8-9,11-13H2,1-4H3. The summed E-state index contributed by atoms with van der Waals surface area (Å²) >= 11 is 3.52. The summed E-state index contributed by atoms with van der Waals surface area (Å²) < 4.78 is 18.9. The van der Waals surface area contributed by atoms with Crippen molar-refractivity contribution >= 4 is 41.0 Å². The highest BCUT2D eigenvalue weighted by molar-refractivity contribution is 9.10. The Morgan fingerprint density at radius 2 is 2.08 bits per heavy atom. The van der Waals surface area contributed by atoms with E-state index in [1.807, 2.05) is 22.9 Å². The van der Waals surface area contributed by atoms with Crippen LogP contribution in [0.1, 0.15) is 12.6 Å². The number of hydrogen-bond donors (Lipinski definition) is 0. The first-order chi connectivity index (χ1) is 12.3. The van der Waals surface area contributed by atoms with Crippen LogP contribution >= 0.6 is 15.9 Å². The summed E-state index contributed by atoms with van der Waals surface area (Å²) in [6, 6.07) is 5.15. The molecule has 2 rings (SSSR count). The van der Waals surface area contributed by atoms with Crippen LogP contribution in [0.5, 0.6) is 0 Å². The molecule has 0 aliphatic heterocycles. The van der Waals surface area contributed by atoms with Crippen molar-refractivity contribution in [3.8, 4) is 0 Å². The third-order valence-corrected chi connectivity index (χ3v) is 6.14. The van der Waals surface area contributed by atoms with Gasteiger partial charge in [0.1, 0.15) is 19.0 Å². The summed E-state index contributed by atoms with van der Waals surface area (Å²) in [5.41, 5.74) is 1.58. The Morgan fingerprint density at radius 3 is 2.77 bits per heavy atom. The van der Waals surface area contributed by atoms with Crippen molar-refractivity contribution in [3.05, 3.63) is 28.5 Å². The smallest absolute Gasteiger partial charge is 0.332 e. The van der Waals surface area contributed by atoms with E-state index in [1.165, 1.54) is 0 Å². The summed E-state index contributed by atoms with van der Waals surface area (Å²) in [5.74, 6) is -0.371. The van der Waals surface area contributed by atoms with Gasteiger partial charge in [-0.3, -0.25) is 0 Å². The van der Waals surface area contributed by atoms with Gasteiger partial charge in [-0.1, -0.05) is 19.6 Å². The number of ether oxygens (including phenoxy) is 3. The Bertz CT molecular complexity index is 743. The lowest BCUT2D eigenvalue weighted by atomic mass is 10.3. The molecule has 0 unspecified atom stereocenters. The third kappa shape index (κ3) is 6.50. The van der Waals surface area contributed by atoms with Gasteiger partial charge in [0.2, 0.25) is 0 Å². The quantitative estimate of drug-likeness (QED) is 0.313. The van der Waals surface area contributed by atoms with E-state index in [2.05, 4.69) is 40.6 Å². The lowest BCUT2D eigenvalue weighted by molar-refractivity contribution is -0.148. The lowest BCUT2D eigenvalue weighted by Crippen LogP contribution is -2.22. The molecule has 0 N–H and O–H groups in total. The Kier molecular flexibility index (Phi) is 7.81. The monoisotopic (exact) mass is 442 g/mol. The van der Waals surface area contributed by atoms with Gasteiger partial charge in [-0.15, -0.1) is 0 Å². The maximum atomic E-state index is 11.4. The van der Waals surface area contributed by atoms with Crippen LogP contribution in [0, 0.1) is 0 Å². The predicted octanol–water partition coefficient (Wildman–Crippen LogP) is 4.19. The maximum Gasteiger partial charge on any atom is 0.332 e. The maximum absolute atomic E-state index is 11.4. The van der Waals surface area contributed by atoms with E-state index < -0.39 is 8.07 Å². The zero-order chi connectivity index (χ0) is 19.2. The van der Waals surface area contributed by atoms with Crippen LogP contribution < -0.4 is 0 Å². The average molecular weight is 443 g/mol. The first-order valence-corrected chi connectivity index (χ1v) is 13.3. The average Bonchev–Trinajstić information content (AvgIpc) is 2.93. The van der Waals surface area contributed by atoms with E-state index in [1.54, 1.807) is 6.92 Å². The summed E-state index contributed by atoms with van der Waals surface area (Å²) in [6.45, 7) is 10.5. The number of hydrogen-bond acceptors (Lipinski definition) is 5. The number of carbonyl (C=O) groups excluding carboxylic acids is 1. The van der Waals surface area contributed by atoms with Gasteiger partial charge in [0, 0.05) is 30.7 Å². The fourth-order valence-electron chi connectivity index (χ4n) is 2.30. The lowest BCUT2D eigenvalue weighted by Gasteiger charge is -2.15. The molecule has 0 bridgehead atoms. The van der Waals surface area contributed by atoms with E-state index >= 15 is 0 Å². The number of halogens is 1. The molecule has 0 amide bonds. The molecule has 2 aromatic rings. The van der Waals surface area contributed by atoms with Crippen molar-refractivity contribution in [2.24, 2.45) is 0 Å². The molecule has 8 heteroatoms. The Labute approximate surface area is 164 Å². The number of pyridine rings is 1. The zero-order valence-corrected chi connectivity index (χ0v) is 18.5. The highest BCUT2D eigenvalue weighted by atomic mass is 79.9. The van der Waals surface area contributed by atoms with Crippen molar-refractivity contribution in [1.82, 2.24) is 9.55 Å². The number of carbonyl (C=O) groups is 1. The molecule has 6 nitrogen and oxygen atoms in total. The number of fused-ring (bicyclic) bond motifs is 1. The van der Waals surface area contributed by atoms with Crippen LogP contribution in [0.25, 0.3) is 11.0 Å². The fraction of sp³-hybridized carbons (Fsp3) is 0.556. The first-order valence-electron chi connectivity index (χ1n) is 8.75. The molecule has 2 heterocycles. The molecule has 0 radical (unpaired) electrons. The third-order valence-electron chi connectivity index (χ3n) is 3.75. The van der Waals surface area contributed by atoms with Gasteiger partial charge in [0.15, 0.2) is 0 Å². The number of rotatable bonds is 10. The topological polar surface area (TPSA) is 62.6 Å². The van der Waals surface area contributed by atoms with Gasteiger partial charge in [0.05, 0.1) is 18.9 Å². The second-order valence-corrected chi connectivity index (χ2v) is 13.7. The Morgan fingerprint density at radius 1 is 1.31 bits per heavy atom. The molecule has 0 aromatic carbocycles. The van der Waals surface area contributed by atoms with Crippen LogP contribution in [0.2, 0.25) is 25.7 Å². The van der Waals surface area contributed by atoms with Crippen LogP contribution in [0.15, 0.2) is 22.8 Å². The van der Waals surface area contributed by atoms with Crippen molar-refractivity contribution in [3.63, 3.8) is 0 Å². The minimum atomic E-state index is -1.09. The SMILES string of the molecule is CCOC(=O)COCc1nc2c(ccn2COCC[Si](C)(C)C)cc1Br. The second-order valence-electron chi connectivity index (χ2n) is 7.26. The molecular formula is C18H27BrN2O4Si. The molecule has 0 saturated carbocycles. The summed E-state index contributed by atoms with van der Waals surface area (Å²) in [6.07, 6.45) is 1.97. The van der Waals surface area contributed by atoms with Gasteiger partial charge in [-0.25, -0.2) is 9.78 Å². The second kappa shape index (κ2) is 9.64. The van der Waals surface area contributed by atoms with Gasteiger partial charge in [-0.2, -0.15) is 0 Å². The Hall–Kier alpha value is -1.22. The normalized spacial score (nSPS) is 11.9. The van der Waals surface area contributed by atoms with Gasteiger partial charge in [-0.05, 0) is 41.0 Å². The van der Waals surface area contributed by atoms with E-state index in [0.717, 1.165) is 33.9 Å². The largest absolute Gasteiger partial charge is 0.464 e. The summed E-state index contributed by atoms with van der Waals surface area (Å²) in [4.78, 5) is 16.0. The van der Waals surface area contributed by atoms with Crippen LogP contribution in [0.3, 0.4) is 0 Å². The molecular weight excluding hydrogens is 416 g/mol. The highest BCUT2D eigenvalue weighted by Crippen LogP contribution is 2.23. The predicted molar refractivity (Wildman–Crippen MR) is 108 cm³/mol. The van der Waals surface area contributed by atoms with E-state index in [-0.39, 0.29) is 19.2 Å². The van der Waals surface area contributed by atoms with Gasteiger partial charge < -0.3 is 18.8 Å². The number of nitrogens with zero attached hydrogens (tertiary/aromatic N) is 2. The molecule has 0 aliphatic rings. The number of esters is 1. The zero-order valence-electron chi connectivity index (χ0n) is 15.9. The van der Waals surface area contributed by atoms with Gasteiger partial charge >= 0.3 is 5.97 Å². The van der Waals surface area contributed by atoms with E-state index in [4.69, 9.17) is 14.2 Å². The van der Waals surface area contributed by atoms with Crippen LogP contribution in [0.4, 0.5) is 0 Å². The molecule has 0 saturated heterocycles. The highest BCUT2D eigenvalue weighted by Gasteiger charge is 2.13. The molecule has 0 spiro atoms. The first kappa shape index (κ1) is 21.1. The molecule has 0 fully saturated rings. The van der Waals surface area contributed by atoms with Gasteiger partial charge in [0.25, 0.3) is 0 Å². The minimum absolute atomic E-state index is 0.0825. The molecule has 0 aliphatic carbocycles. The van der Waals surface area contributed by atoms with E-state index in [9.17, 15) is 4.79 Å². The van der Waals surface area contributed by atoms with E-state index in [0.29, 0.717) is 13.3 Å². The Balaban J connectivity index is 1.99. The van der Waals surface area contributed by atoms with Crippen molar-refractivity contribution < 1.29 is 19.0 Å². The minimum Gasteiger partial charge on any atom is -0.464 e. The van der Waals surface area contributed by atoms with Crippen molar-refractivity contribution in [1.29, 1.82) is 0 Å². The van der Waals surface area contributed by atoms with Crippen LogP contribution in [-0.4, -0.2) is 43.4 Å². The summed E-state index contributed by atoms with van der Waals surface area (Å²) in [5, 5.41) is 1.03. The number of aromatic nitrogens is 2.